The Kier molecular flexibility index (Phi) is 3.60. The monoisotopic (exact) mass is 286 g/mol. The first kappa shape index (κ1) is 14.0. The zero-order valence-electron chi connectivity index (χ0n) is 9.45. The number of benzene rings is 1. The summed E-state index contributed by atoms with van der Waals surface area (Å²) in [5, 5.41) is 9.25. The van der Waals surface area contributed by atoms with Gasteiger partial charge < -0.3 is 9.67 Å². The van der Waals surface area contributed by atoms with Crippen molar-refractivity contribution in [3.63, 3.8) is 0 Å². The molecule has 0 aliphatic heterocycles. The second kappa shape index (κ2) is 4.90. The van der Waals surface area contributed by atoms with Crippen LogP contribution in [0.1, 0.15) is 5.69 Å². The molecule has 2 rings (SSSR count). The first-order valence-corrected chi connectivity index (χ1v) is 5.51. The molecule has 3 nitrogen and oxygen atoms in total. The lowest BCUT2D eigenvalue weighted by Crippen LogP contribution is -2.05. The molecule has 98 valence electrons. The molecule has 0 amide bonds. The summed E-state index contributed by atoms with van der Waals surface area (Å²) in [6.07, 6.45) is -3.86. The summed E-state index contributed by atoms with van der Waals surface area (Å²) in [5.41, 5.74) is -0.447. The molecule has 0 spiro atoms. The molecular formula is C11H7BClF3N2O. The molecular weight excluding hydrogens is 279 g/mol. The average molecular weight is 286 g/mol. The SMILES string of the molecule is [B]c1ccc(-c2nc(C(F)(F)F)cn2CO)c(Cl)c1. The van der Waals surface area contributed by atoms with Crippen molar-refractivity contribution in [3.05, 3.63) is 35.1 Å². The van der Waals surface area contributed by atoms with Crippen LogP contribution in [0, 0.1) is 0 Å². The third kappa shape index (κ3) is 2.77. The van der Waals surface area contributed by atoms with Gasteiger partial charge in [0, 0.05) is 11.8 Å². The minimum Gasteiger partial charge on any atom is -0.376 e. The molecule has 0 saturated carbocycles. The van der Waals surface area contributed by atoms with Gasteiger partial charge in [-0.1, -0.05) is 29.2 Å². The number of aliphatic hydroxyl groups is 1. The van der Waals surface area contributed by atoms with E-state index in [0.29, 0.717) is 5.46 Å². The fourth-order valence-corrected chi connectivity index (χ4v) is 1.86. The van der Waals surface area contributed by atoms with Gasteiger partial charge in [0.15, 0.2) is 5.69 Å². The molecule has 0 aliphatic rings. The van der Waals surface area contributed by atoms with E-state index in [-0.39, 0.29) is 16.4 Å². The maximum atomic E-state index is 12.6. The largest absolute Gasteiger partial charge is 0.434 e. The summed E-state index contributed by atoms with van der Waals surface area (Å²) >= 11 is 5.92. The Morgan fingerprint density at radius 3 is 2.58 bits per heavy atom. The molecule has 19 heavy (non-hydrogen) atoms. The van der Waals surface area contributed by atoms with Crippen LogP contribution in [0.4, 0.5) is 13.2 Å². The fourth-order valence-electron chi connectivity index (χ4n) is 1.59. The normalized spacial score (nSPS) is 11.8. The van der Waals surface area contributed by atoms with Gasteiger partial charge in [0.25, 0.3) is 0 Å². The zero-order valence-corrected chi connectivity index (χ0v) is 10.2. The van der Waals surface area contributed by atoms with Crippen molar-refractivity contribution in [1.29, 1.82) is 0 Å². The predicted molar refractivity (Wildman–Crippen MR) is 65.3 cm³/mol. The van der Waals surface area contributed by atoms with Gasteiger partial charge in [-0.05, 0) is 6.07 Å². The van der Waals surface area contributed by atoms with Crippen LogP contribution in [0.15, 0.2) is 24.4 Å². The minimum atomic E-state index is -4.59. The van der Waals surface area contributed by atoms with E-state index in [9.17, 15) is 13.2 Å². The highest BCUT2D eigenvalue weighted by molar-refractivity contribution is 6.37. The molecule has 0 aliphatic carbocycles. The number of hydrogen-bond acceptors (Lipinski definition) is 2. The Balaban J connectivity index is 2.58. The topological polar surface area (TPSA) is 38.0 Å². The van der Waals surface area contributed by atoms with E-state index < -0.39 is 18.6 Å². The summed E-state index contributed by atoms with van der Waals surface area (Å²) in [6.45, 7) is -0.640. The first-order valence-electron chi connectivity index (χ1n) is 5.13. The molecule has 0 bridgehead atoms. The van der Waals surface area contributed by atoms with Crippen LogP contribution in [0.25, 0.3) is 11.4 Å². The summed E-state index contributed by atoms with van der Waals surface area (Å²) in [5.74, 6) is -0.0696. The number of halogens is 4. The summed E-state index contributed by atoms with van der Waals surface area (Å²) in [7, 11) is 5.51. The van der Waals surface area contributed by atoms with Crippen molar-refractivity contribution in [2.24, 2.45) is 0 Å². The lowest BCUT2D eigenvalue weighted by molar-refractivity contribution is -0.140. The van der Waals surface area contributed by atoms with Gasteiger partial charge in [-0.15, -0.1) is 0 Å². The molecule has 8 heteroatoms. The summed E-state index contributed by atoms with van der Waals surface area (Å²) < 4.78 is 38.7. The maximum Gasteiger partial charge on any atom is 0.434 e. The molecule has 1 N–H and O–H groups in total. The first-order chi connectivity index (χ1) is 8.82. The molecule has 1 aromatic carbocycles. The van der Waals surface area contributed by atoms with E-state index in [2.05, 4.69) is 4.98 Å². The van der Waals surface area contributed by atoms with Gasteiger partial charge in [0.2, 0.25) is 0 Å². The molecule has 0 atom stereocenters. The number of aliphatic hydroxyl groups excluding tert-OH is 1. The lowest BCUT2D eigenvalue weighted by atomic mass is 9.95. The second-order valence-corrected chi connectivity index (χ2v) is 4.21. The van der Waals surface area contributed by atoms with Crippen molar-refractivity contribution in [2.75, 3.05) is 0 Å². The van der Waals surface area contributed by atoms with Gasteiger partial charge in [0.05, 0.1) is 5.02 Å². The van der Waals surface area contributed by atoms with Crippen LogP contribution in [0.2, 0.25) is 5.02 Å². The fraction of sp³-hybridized carbons (Fsp3) is 0.182. The lowest BCUT2D eigenvalue weighted by Gasteiger charge is -2.06. The van der Waals surface area contributed by atoms with Gasteiger partial charge in [-0.2, -0.15) is 13.2 Å². The molecule has 0 saturated heterocycles. The van der Waals surface area contributed by atoms with Crippen LogP contribution in [0.3, 0.4) is 0 Å². The number of rotatable bonds is 2. The molecule has 1 heterocycles. The Bertz CT molecular complexity index is 612. The maximum absolute atomic E-state index is 12.6. The third-order valence-electron chi connectivity index (χ3n) is 2.45. The Morgan fingerprint density at radius 1 is 1.37 bits per heavy atom. The number of hydrogen-bond donors (Lipinski definition) is 1. The van der Waals surface area contributed by atoms with E-state index in [1.165, 1.54) is 18.2 Å². The van der Waals surface area contributed by atoms with Crippen LogP contribution in [-0.4, -0.2) is 22.5 Å². The van der Waals surface area contributed by atoms with E-state index >= 15 is 0 Å². The third-order valence-corrected chi connectivity index (χ3v) is 2.77. The van der Waals surface area contributed by atoms with Gasteiger partial charge >= 0.3 is 6.18 Å². The highest BCUT2D eigenvalue weighted by Gasteiger charge is 2.35. The van der Waals surface area contributed by atoms with E-state index in [1.54, 1.807) is 0 Å². The number of alkyl halides is 3. The van der Waals surface area contributed by atoms with E-state index in [1.807, 2.05) is 0 Å². The number of aromatic nitrogens is 2. The molecule has 2 aromatic rings. The number of nitrogens with zero attached hydrogens (tertiary/aromatic N) is 2. The highest BCUT2D eigenvalue weighted by Crippen LogP contribution is 2.32. The summed E-state index contributed by atoms with van der Waals surface area (Å²) in [4.78, 5) is 3.47. The number of imidazole rings is 1. The van der Waals surface area contributed by atoms with Gasteiger partial charge in [-0.3, -0.25) is 0 Å². The van der Waals surface area contributed by atoms with Crippen LogP contribution < -0.4 is 5.46 Å². The average Bonchev–Trinajstić information content (AvgIpc) is 2.72. The van der Waals surface area contributed by atoms with Crippen LogP contribution in [-0.2, 0) is 12.9 Å². The molecule has 1 aromatic heterocycles. The zero-order chi connectivity index (χ0) is 14.2. The Morgan fingerprint density at radius 2 is 2.05 bits per heavy atom. The van der Waals surface area contributed by atoms with Gasteiger partial charge in [0.1, 0.15) is 20.4 Å². The van der Waals surface area contributed by atoms with E-state index in [4.69, 9.17) is 24.6 Å². The molecule has 0 unspecified atom stereocenters. The molecule has 2 radical (unpaired) electrons. The highest BCUT2D eigenvalue weighted by atomic mass is 35.5. The van der Waals surface area contributed by atoms with E-state index in [0.717, 1.165) is 10.8 Å². The van der Waals surface area contributed by atoms with Crippen molar-refractivity contribution >= 4 is 24.9 Å². The van der Waals surface area contributed by atoms with Gasteiger partial charge in [-0.25, -0.2) is 4.98 Å². The Labute approximate surface area is 113 Å². The molecule has 0 fully saturated rings. The summed E-state index contributed by atoms with van der Waals surface area (Å²) in [6, 6.07) is 4.34. The van der Waals surface area contributed by atoms with Crippen LogP contribution in [0.5, 0.6) is 0 Å². The second-order valence-electron chi connectivity index (χ2n) is 3.80. The standard InChI is InChI=1S/C11H7BClF3N2O/c12-6-1-2-7(8(13)3-6)10-17-9(11(14,15)16)4-18(10)5-19/h1-4,19H,5H2. The van der Waals surface area contributed by atoms with Crippen molar-refractivity contribution < 1.29 is 18.3 Å². The smallest absolute Gasteiger partial charge is 0.376 e. The van der Waals surface area contributed by atoms with Crippen molar-refractivity contribution in [3.8, 4) is 11.4 Å². The van der Waals surface area contributed by atoms with Crippen molar-refractivity contribution in [2.45, 2.75) is 12.9 Å². The predicted octanol–water partition coefficient (Wildman–Crippen LogP) is 1.97. The minimum absolute atomic E-state index is 0.0696. The Hall–Kier alpha value is -1.47. The van der Waals surface area contributed by atoms with Crippen LogP contribution >= 0.6 is 11.6 Å². The quantitative estimate of drug-likeness (QED) is 0.857. The van der Waals surface area contributed by atoms with Crippen molar-refractivity contribution in [1.82, 2.24) is 9.55 Å².